The Morgan fingerprint density at radius 1 is 1.00 bits per heavy atom. The summed E-state index contributed by atoms with van der Waals surface area (Å²) in [7, 11) is 0. The molecule has 0 bridgehead atoms. The lowest BCUT2D eigenvalue weighted by molar-refractivity contribution is 0.568. The molecule has 0 aromatic heterocycles. The number of para-hydroxylation sites is 1. The third-order valence-electron chi connectivity index (χ3n) is 3.13. The summed E-state index contributed by atoms with van der Waals surface area (Å²) < 4.78 is 26.7. The Labute approximate surface area is 117 Å². The predicted molar refractivity (Wildman–Crippen MR) is 77.5 cm³/mol. The van der Waals surface area contributed by atoms with Crippen LogP contribution in [0.25, 0.3) is 0 Å². The Morgan fingerprint density at radius 3 is 2.40 bits per heavy atom. The molecular formula is C16H18F2N2. The van der Waals surface area contributed by atoms with Gasteiger partial charge in [0.15, 0.2) is 0 Å². The third kappa shape index (κ3) is 3.78. The van der Waals surface area contributed by atoms with Crippen LogP contribution in [-0.4, -0.2) is 13.1 Å². The van der Waals surface area contributed by atoms with Gasteiger partial charge in [-0.05, 0) is 31.2 Å². The van der Waals surface area contributed by atoms with Crippen LogP contribution in [0.1, 0.15) is 12.0 Å². The molecule has 0 aliphatic carbocycles. The summed E-state index contributed by atoms with van der Waals surface area (Å²) >= 11 is 0. The first-order valence-electron chi connectivity index (χ1n) is 6.64. The second-order valence-electron chi connectivity index (χ2n) is 4.64. The first kappa shape index (κ1) is 14.5. The minimum absolute atomic E-state index is 0.399. The van der Waals surface area contributed by atoms with Gasteiger partial charge in [-0.1, -0.05) is 24.3 Å². The van der Waals surface area contributed by atoms with Crippen molar-refractivity contribution in [2.75, 3.05) is 18.0 Å². The molecule has 106 valence electrons. The molecule has 0 saturated heterocycles. The fraction of sp³-hybridized carbons (Fsp3) is 0.250. The van der Waals surface area contributed by atoms with Crippen LogP contribution < -0.4 is 10.6 Å². The maximum Gasteiger partial charge on any atom is 0.131 e. The number of halogens is 2. The van der Waals surface area contributed by atoms with Crippen molar-refractivity contribution < 1.29 is 8.78 Å². The Balaban J connectivity index is 2.19. The van der Waals surface area contributed by atoms with Crippen molar-refractivity contribution in [1.29, 1.82) is 0 Å². The zero-order valence-electron chi connectivity index (χ0n) is 11.2. The number of hydrogen-bond acceptors (Lipinski definition) is 2. The molecule has 4 heteroatoms. The summed E-state index contributed by atoms with van der Waals surface area (Å²) in [6, 6.07) is 13.4. The van der Waals surface area contributed by atoms with Gasteiger partial charge in [0.05, 0.1) is 0 Å². The number of hydrogen-bond donors (Lipinski definition) is 1. The maximum atomic E-state index is 13.8. The average molecular weight is 276 g/mol. The van der Waals surface area contributed by atoms with Crippen LogP contribution in [0.4, 0.5) is 14.5 Å². The molecule has 2 aromatic rings. The summed E-state index contributed by atoms with van der Waals surface area (Å²) in [5.41, 5.74) is 7.03. The molecule has 0 radical (unpaired) electrons. The molecule has 2 rings (SSSR count). The van der Waals surface area contributed by atoms with Gasteiger partial charge in [-0.25, -0.2) is 8.78 Å². The van der Waals surface area contributed by atoms with Gasteiger partial charge in [0.1, 0.15) is 11.6 Å². The molecule has 20 heavy (non-hydrogen) atoms. The number of benzene rings is 2. The Hall–Kier alpha value is -1.94. The van der Waals surface area contributed by atoms with E-state index >= 15 is 0 Å². The SMILES string of the molecule is NCCCN(Cc1ccc(F)cc1F)c1ccccc1. The molecular weight excluding hydrogens is 258 g/mol. The van der Waals surface area contributed by atoms with Crippen LogP contribution in [-0.2, 0) is 6.54 Å². The number of anilines is 1. The van der Waals surface area contributed by atoms with Crippen molar-refractivity contribution >= 4 is 5.69 Å². The Bertz CT molecular complexity index is 543. The van der Waals surface area contributed by atoms with Gasteiger partial charge < -0.3 is 10.6 Å². The van der Waals surface area contributed by atoms with Gasteiger partial charge in [0, 0.05) is 30.4 Å². The third-order valence-corrected chi connectivity index (χ3v) is 3.13. The van der Waals surface area contributed by atoms with Crippen molar-refractivity contribution in [3.63, 3.8) is 0 Å². The Morgan fingerprint density at radius 2 is 1.75 bits per heavy atom. The summed E-state index contributed by atoms with van der Waals surface area (Å²) in [6.07, 6.45) is 0.817. The largest absolute Gasteiger partial charge is 0.367 e. The average Bonchev–Trinajstić information content (AvgIpc) is 2.46. The summed E-state index contributed by atoms with van der Waals surface area (Å²) in [5.74, 6) is -1.07. The summed E-state index contributed by atoms with van der Waals surface area (Å²) in [5, 5.41) is 0. The fourth-order valence-electron chi connectivity index (χ4n) is 2.08. The molecule has 0 amide bonds. The highest BCUT2D eigenvalue weighted by Crippen LogP contribution is 2.19. The lowest BCUT2D eigenvalue weighted by Gasteiger charge is -2.25. The molecule has 2 N–H and O–H groups in total. The van der Waals surface area contributed by atoms with E-state index in [-0.39, 0.29) is 0 Å². The van der Waals surface area contributed by atoms with Crippen LogP contribution in [0.5, 0.6) is 0 Å². The van der Waals surface area contributed by atoms with Crippen LogP contribution in [0, 0.1) is 11.6 Å². The minimum Gasteiger partial charge on any atom is -0.367 e. The van der Waals surface area contributed by atoms with Crippen molar-refractivity contribution in [3.05, 3.63) is 65.7 Å². The smallest absolute Gasteiger partial charge is 0.131 e. The van der Waals surface area contributed by atoms with E-state index in [2.05, 4.69) is 0 Å². The van der Waals surface area contributed by atoms with Crippen LogP contribution in [0.15, 0.2) is 48.5 Å². The molecule has 0 saturated carbocycles. The maximum absolute atomic E-state index is 13.8. The van der Waals surface area contributed by atoms with Crippen LogP contribution in [0.3, 0.4) is 0 Å². The van der Waals surface area contributed by atoms with E-state index in [1.165, 1.54) is 12.1 Å². The van der Waals surface area contributed by atoms with E-state index in [0.717, 1.165) is 24.7 Å². The van der Waals surface area contributed by atoms with Crippen LogP contribution >= 0.6 is 0 Å². The topological polar surface area (TPSA) is 29.3 Å². The lowest BCUT2D eigenvalue weighted by Crippen LogP contribution is -2.26. The molecule has 2 aromatic carbocycles. The van der Waals surface area contributed by atoms with Gasteiger partial charge in [-0.15, -0.1) is 0 Å². The highest BCUT2D eigenvalue weighted by atomic mass is 19.1. The van der Waals surface area contributed by atoms with Gasteiger partial charge in [0.25, 0.3) is 0 Å². The van der Waals surface area contributed by atoms with Crippen LogP contribution in [0.2, 0.25) is 0 Å². The van der Waals surface area contributed by atoms with Crippen molar-refractivity contribution in [2.45, 2.75) is 13.0 Å². The zero-order chi connectivity index (χ0) is 14.4. The highest BCUT2D eigenvalue weighted by molar-refractivity contribution is 5.46. The van der Waals surface area contributed by atoms with E-state index in [4.69, 9.17) is 5.73 Å². The molecule has 0 unspecified atom stereocenters. The van der Waals surface area contributed by atoms with E-state index < -0.39 is 11.6 Å². The minimum atomic E-state index is -0.556. The molecule has 0 aliphatic rings. The van der Waals surface area contributed by atoms with E-state index in [1.807, 2.05) is 35.2 Å². The van der Waals surface area contributed by atoms with E-state index in [0.29, 0.717) is 18.7 Å². The standard InChI is InChI=1S/C16H18F2N2/c17-14-8-7-13(16(18)11-14)12-20(10-4-9-19)15-5-2-1-3-6-15/h1-3,5-8,11H,4,9-10,12,19H2. The zero-order valence-corrected chi connectivity index (χ0v) is 11.2. The summed E-state index contributed by atoms with van der Waals surface area (Å²) in [6.45, 7) is 1.71. The van der Waals surface area contributed by atoms with E-state index in [9.17, 15) is 8.78 Å². The lowest BCUT2D eigenvalue weighted by atomic mass is 10.1. The molecule has 0 spiro atoms. The van der Waals surface area contributed by atoms with Gasteiger partial charge in [-0.2, -0.15) is 0 Å². The second-order valence-corrected chi connectivity index (χ2v) is 4.64. The number of nitrogens with zero attached hydrogens (tertiary/aromatic N) is 1. The normalized spacial score (nSPS) is 10.6. The Kier molecular flexibility index (Phi) is 5.07. The van der Waals surface area contributed by atoms with Crippen molar-refractivity contribution in [2.24, 2.45) is 5.73 Å². The van der Waals surface area contributed by atoms with Crippen molar-refractivity contribution in [1.82, 2.24) is 0 Å². The first-order valence-corrected chi connectivity index (χ1v) is 6.64. The van der Waals surface area contributed by atoms with Gasteiger partial charge in [0.2, 0.25) is 0 Å². The molecule has 0 fully saturated rings. The summed E-state index contributed by atoms with van der Waals surface area (Å²) in [4.78, 5) is 2.04. The monoisotopic (exact) mass is 276 g/mol. The highest BCUT2D eigenvalue weighted by Gasteiger charge is 2.10. The van der Waals surface area contributed by atoms with Gasteiger partial charge in [-0.3, -0.25) is 0 Å². The predicted octanol–water partition coefficient (Wildman–Crippen LogP) is 3.32. The molecule has 2 nitrogen and oxygen atoms in total. The molecule has 0 heterocycles. The molecule has 0 aliphatic heterocycles. The number of nitrogens with two attached hydrogens (primary N) is 1. The quantitative estimate of drug-likeness (QED) is 0.877. The first-order chi connectivity index (χ1) is 9.70. The van der Waals surface area contributed by atoms with Crippen molar-refractivity contribution in [3.8, 4) is 0 Å². The fourth-order valence-corrected chi connectivity index (χ4v) is 2.08. The van der Waals surface area contributed by atoms with E-state index in [1.54, 1.807) is 0 Å². The number of rotatable bonds is 6. The second kappa shape index (κ2) is 7.01. The molecule has 0 atom stereocenters. The van der Waals surface area contributed by atoms with Gasteiger partial charge >= 0.3 is 0 Å².